The van der Waals surface area contributed by atoms with Crippen molar-refractivity contribution < 1.29 is 0 Å². The number of piperidine rings is 1. The number of hydrogen-bond donors (Lipinski definition) is 1. The van der Waals surface area contributed by atoms with Crippen molar-refractivity contribution in [1.82, 2.24) is 15.2 Å². The molecule has 130 valence electrons. The molecule has 3 heterocycles. The number of aromatic nitrogens is 1. The zero-order chi connectivity index (χ0) is 16.9. The topological polar surface area (TPSA) is 31.4 Å². The molecule has 0 radical (unpaired) electrons. The molecule has 1 saturated heterocycles. The summed E-state index contributed by atoms with van der Waals surface area (Å²) in [4.78, 5) is 10.5. The Kier molecular flexibility index (Phi) is 5.87. The van der Waals surface area contributed by atoms with E-state index < -0.39 is 0 Å². The Balaban J connectivity index is 1.63. The Labute approximate surface area is 149 Å². The summed E-state index contributed by atoms with van der Waals surface area (Å²) in [7, 11) is 6.44. The number of nitrogens with zero attached hydrogens (tertiary/aromatic N) is 3. The third-order valence-electron chi connectivity index (χ3n) is 4.92. The lowest BCUT2D eigenvalue weighted by atomic mass is 9.88. The van der Waals surface area contributed by atoms with Crippen molar-refractivity contribution >= 4 is 17.0 Å². The molecule has 0 saturated carbocycles. The van der Waals surface area contributed by atoms with Gasteiger partial charge in [0.05, 0.1) is 0 Å². The summed E-state index contributed by atoms with van der Waals surface area (Å²) in [6.07, 6.45) is 6.43. The van der Waals surface area contributed by atoms with E-state index in [2.05, 4.69) is 64.8 Å². The van der Waals surface area contributed by atoms with Crippen LogP contribution in [0.15, 0.2) is 36.0 Å². The van der Waals surface area contributed by atoms with Gasteiger partial charge >= 0.3 is 0 Å². The first kappa shape index (κ1) is 17.4. The molecular formula is C19H28N4S. The number of thiophene rings is 1. The van der Waals surface area contributed by atoms with Crippen LogP contribution in [-0.2, 0) is 6.54 Å². The lowest BCUT2D eigenvalue weighted by molar-refractivity contribution is 0.122. The third-order valence-corrected chi connectivity index (χ3v) is 5.87. The average molecular weight is 345 g/mol. The molecule has 4 nitrogen and oxygen atoms in total. The molecular weight excluding hydrogens is 316 g/mol. The van der Waals surface area contributed by atoms with E-state index >= 15 is 0 Å². The number of anilines is 1. The normalized spacial score (nSPS) is 21.8. The molecule has 2 atom stereocenters. The summed E-state index contributed by atoms with van der Waals surface area (Å²) in [5, 5.41) is 5.89. The molecule has 2 aromatic heterocycles. The summed E-state index contributed by atoms with van der Waals surface area (Å²) in [5.41, 5.74) is 2.51. The molecule has 1 aliphatic rings. The van der Waals surface area contributed by atoms with Crippen molar-refractivity contribution in [2.45, 2.75) is 25.4 Å². The first-order valence-corrected chi connectivity index (χ1v) is 9.59. The Morgan fingerprint density at radius 1 is 1.38 bits per heavy atom. The SMILES string of the molecule is CN(C)c1ccncc1CNC[C@H]1CCCN(C)[C@H]1c1cccs1. The number of likely N-dealkylation sites (tertiary alicyclic amines) is 1. The van der Waals surface area contributed by atoms with Crippen LogP contribution in [0.1, 0.15) is 29.3 Å². The van der Waals surface area contributed by atoms with E-state index in [9.17, 15) is 0 Å². The minimum absolute atomic E-state index is 0.550. The van der Waals surface area contributed by atoms with Crippen molar-refractivity contribution in [2.75, 3.05) is 39.1 Å². The largest absolute Gasteiger partial charge is 0.377 e. The van der Waals surface area contributed by atoms with Crippen molar-refractivity contribution in [3.63, 3.8) is 0 Å². The van der Waals surface area contributed by atoms with Gasteiger partial charge in [-0.25, -0.2) is 0 Å². The molecule has 0 bridgehead atoms. The van der Waals surface area contributed by atoms with Gasteiger partial charge < -0.3 is 10.2 Å². The monoisotopic (exact) mass is 344 g/mol. The second kappa shape index (κ2) is 8.10. The van der Waals surface area contributed by atoms with Crippen LogP contribution in [0.3, 0.4) is 0 Å². The predicted octanol–water partition coefficient (Wildman–Crippen LogP) is 3.38. The Morgan fingerprint density at radius 2 is 2.25 bits per heavy atom. The Bertz CT molecular complexity index is 626. The highest BCUT2D eigenvalue weighted by Crippen LogP contribution is 2.36. The summed E-state index contributed by atoms with van der Waals surface area (Å²) in [6.45, 7) is 3.12. The molecule has 1 N–H and O–H groups in total. The smallest absolute Gasteiger partial charge is 0.0478 e. The number of nitrogens with one attached hydrogen (secondary N) is 1. The van der Waals surface area contributed by atoms with Gasteiger partial charge in [0.15, 0.2) is 0 Å². The van der Waals surface area contributed by atoms with E-state index in [1.807, 2.05) is 23.7 Å². The summed E-state index contributed by atoms with van der Waals surface area (Å²) in [6, 6.07) is 7.09. The van der Waals surface area contributed by atoms with Crippen LogP contribution < -0.4 is 10.2 Å². The third kappa shape index (κ3) is 3.97. The van der Waals surface area contributed by atoms with E-state index in [0.717, 1.165) is 13.1 Å². The van der Waals surface area contributed by atoms with Crippen LogP contribution in [-0.4, -0.2) is 44.1 Å². The minimum Gasteiger partial charge on any atom is -0.377 e. The van der Waals surface area contributed by atoms with Crippen LogP contribution in [0.4, 0.5) is 5.69 Å². The fourth-order valence-electron chi connectivity index (χ4n) is 3.77. The molecule has 3 rings (SSSR count). The quantitative estimate of drug-likeness (QED) is 0.870. The molecule has 24 heavy (non-hydrogen) atoms. The van der Waals surface area contributed by atoms with E-state index in [1.165, 1.54) is 35.5 Å². The summed E-state index contributed by atoms with van der Waals surface area (Å²) >= 11 is 1.89. The molecule has 1 fully saturated rings. The molecule has 1 aliphatic heterocycles. The summed E-state index contributed by atoms with van der Waals surface area (Å²) in [5.74, 6) is 0.668. The van der Waals surface area contributed by atoms with Crippen LogP contribution in [0, 0.1) is 5.92 Å². The standard InChI is InChI=1S/C19H28N4S/c1-22(2)17-8-9-20-13-16(17)14-21-12-15-6-4-10-23(3)19(15)18-7-5-11-24-18/h5,7-9,11,13,15,19,21H,4,6,10,12,14H2,1-3H3/t15-,19-/m1/s1. The van der Waals surface area contributed by atoms with Crippen LogP contribution in [0.25, 0.3) is 0 Å². The van der Waals surface area contributed by atoms with Crippen LogP contribution in [0.2, 0.25) is 0 Å². The maximum absolute atomic E-state index is 4.29. The Hall–Kier alpha value is -1.43. The Morgan fingerprint density at radius 3 is 3.00 bits per heavy atom. The average Bonchev–Trinajstić information content (AvgIpc) is 3.09. The van der Waals surface area contributed by atoms with Crippen LogP contribution in [0.5, 0.6) is 0 Å². The zero-order valence-electron chi connectivity index (χ0n) is 14.9. The highest BCUT2D eigenvalue weighted by atomic mass is 32.1. The second-order valence-electron chi connectivity index (χ2n) is 6.87. The van der Waals surface area contributed by atoms with E-state index in [-0.39, 0.29) is 0 Å². The first-order valence-electron chi connectivity index (χ1n) is 8.71. The lowest BCUT2D eigenvalue weighted by Crippen LogP contribution is -2.40. The maximum Gasteiger partial charge on any atom is 0.0478 e. The van der Waals surface area contributed by atoms with Gasteiger partial charge in [-0.3, -0.25) is 9.88 Å². The minimum atomic E-state index is 0.550. The van der Waals surface area contributed by atoms with Gasteiger partial charge in [-0.05, 0) is 49.9 Å². The number of hydrogen-bond acceptors (Lipinski definition) is 5. The van der Waals surface area contributed by atoms with Gasteiger partial charge in [0, 0.05) is 61.7 Å². The van der Waals surface area contributed by atoms with Crippen molar-refractivity contribution in [3.8, 4) is 0 Å². The van der Waals surface area contributed by atoms with Gasteiger partial charge in [-0.1, -0.05) is 6.07 Å². The highest BCUT2D eigenvalue weighted by molar-refractivity contribution is 7.10. The van der Waals surface area contributed by atoms with Gasteiger partial charge in [0.2, 0.25) is 0 Å². The molecule has 0 aliphatic carbocycles. The molecule has 5 heteroatoms. The molecule has 0 spiro atoms. The molecule has 0 aromatic carbocycles. The van der Waals surface area contributed by atoms with Crippen molar-refractivity contribution in [3.05, 3.63) is 46.4 Å². The number of pyridine rings is 1. The fraction of sp³-hybridized carbons (Fsp3) is 0.526. The maximum atomic E-state index is 4.29. The lowest BCUT2D eigenvalue weighted by Gasteiger charge is -2.39. The van der Waals surface area contributed by atoms with E-state index in [0.29, 0.717) is 12.0 Å². The van der Waals surface area contributed by atoms with Gasteiger partial charge in [0.1, 0.15) is 0 Å². The molecule has 2 aromatic rings. The van der Waals surface area contributed by atoms with Crippen molar-refractivity contribution in [2.24, 2.45) is 5.92 Å². The molecule has 0 unspecified atom stereocenters. The highest BCUT2D eigenvalue weighted by Gasteiger charge is 2.30. The predicted molar refractivity (Wildman–Crippen MR) is 103 cm³/mol. The van der Waals surface area contributed by atoms with Gasteiger partial charge in [0.25, 0.3) is 0 Å². The number of rotatable bonds is 6. The summed E-state index contributed by atoms with van der Waals surface area (Å²) < 4.78 is 0. The first-order chi connectivity index (χ1) is 11.7. The van der Waals surface area contributed by atoms with Crippen LogP contribution >= 0.6 is 11.3 Å². The fourth-order valence-corrected chi connectivity index (χ4v) is 4.75. The molecule has 0 amide bonds. The van der Waals surface area contributed by atoms with Crippen molar-refractivity contribution in [1.29, 1.82) is 0 Å². The van der Waals surface area contributed by atoms with Gasteiger partial charge in [-0.2, -0.15) is 0 Å². The van der Waals surface area contributed by atoms with E-state index in [4.69, 9.17) is 0 Å². The van der Waals surface area contributed by atoms with Gasteiger partial charge in [-0.15, -0.1) is 11.3 Å². The second-order valence-corrected chi connectivity index (χ2v) is 7.85. The van der Waals surface area contributed by atoms with E-state index in [1.54, 1.807) is 0 Å². The zero-order valence-corrected chi connectivity index (χ0v) is 15.7.